The highest BCUT2D eigenvalue weighted by Crippen LogP contribution is 2.23. The Balaban J connectivity index is 2.03. The number of terminal acetylenes is 1. The summed E-state index contributed by atoms with van der Waals surface area (Å²) in [5, 5.41) is 7.12. The molecule has 1 saturated heterocycles. The van der Waals surface area contributed by atoms with Crippen molar-refractivity contribution in [3.8, 4) is 12.3 Å². The second-order valence-corrected chi connectivity index (χ2v) is 5.66. The van der Waals surface area contributed by atoms with E-state index in [0.29, 0.717) is 23.3 Å². The fourth-order valence-corrected chi connectivity index (χ4v) is 2.32. The molecule has 0 spiro atoms. The molecule has 2 rings (SSSR count). The monoisotopic (exact) mass is 341 g/mol. The van der Waals surface area contributed by atoms with Crippen molar-refractivity contribution in [1.82, 2.24) is 9.78 Å². The first-order chi connectivity index (χ1) is 9.43. The number of aromatic nitrogens is 2. The van der Waals surface area contributed by atoms with E-state index in [1.165, 1.54) is 4.68 Å². The Morgan fingerprint density at radius 2 is 2.45 bits per heavy atom. The molecule has 1 aliphatic heterocycles. The van der Waals surface area contributed by atoms with Crippen molar-refractivity contribution in [1.29, 1.82) is 0 Å². The zero-order valence-electron chi connectivity index (χ0n) is 11.4. The lowest BCUT2D eigenvalue weighted by molar-refractivity contribution is -0.136. The van der Waals surface area contributed by atoms with E-state index in [4.69, 9.17) is 15.9 Å². The minimum atomic E-state index is -0.558. The molecule has 0 aliphatic carbocycles. The minimum Gasteiger partial charge on any atom is -0.380 e. The molecule has 7 heteroatoms. The maximum atomic E-state index is 11.9. The average Bonchev–Trinajstić information content (AvgIpc) is 2.74. The Hall–Kier alpha value is -1.36. The Labute approximate surface area is 125 Å². The van der Waals surface area contributed by atoms with E-state index in [1.54, 1.807) is 6.20 Å². The van der Waals surface area contributed by atoms with Gasteiger partial charge in [-0.1, -0.05) is 5.92 Å². The number of rotatable bonds is 4. The van der Waals surface area contributed by atoms with E-state index < -0.39 is 5.79 Å². The molecule has 20 heavy (non-hydrogen) atoms. The molecule has 108 valence electrons. The van der Waals surface area contributed by atoms with Gasteiger partial charge in [-0.25, -0.2) is 4.68 Å². The van der Waals surface area contributed by atoms with Gasteiger partial charge in [0.25, 0.3) is 5.56 Å². The smallest absolute Gasteiger partial charge is 0.284 e. The molecule has 1 aliphatic rings. The van der Waals surface area contributed by atoms with Crippen LogP contribution in [0.1, 0.15) is 13.8 Å². The molecule has 6 nitrogen and oxygen atoms in total. The lowest BCUT2D eigenvalue weighted by Crippen LogP contribution is -2.28. The molecule has 1 aromatic heterocycles. The first-order valence-corrected chi connectivity index (χ1v) is 6.97. The van der Waals surface area contributed by atoms with Gasteiger partial charge in [0.2, 0.25) is 0 Å². The molecule has 1 N–H and O–H groups in total. The zero-order chi connectivity index (χ0) is 14.8. The van der Waals surface area contributed by atoms with Crippen LogP contribution in [0.2, 0.25) is 0 Å². The second kappa shape index (κ2) is 5.95. The van der Waals surface area contributed by atoms with Gasteiger partial charge >= 0.3 is 0 Å². The molecular formula is C13H16BrN3O3. The summed E-state index contributed by atoms with van der Waals surface area (Å²) < 4.78 is 12.8. The predicted molar refractivity (Wildman–Crippen MR) is 78.4 cm³/mol. The predicted octanol–water partition coefficient (Wildman–Crippen LogP) is 1.20. The van der Waals surface area contributed by atoms with Gasteiger partial charge in [0.15, 0.2) is 5.79 Å². The number of ether oxygens (including phenoxy) is 2. The third-order valence-electron chi connectivity index (χ3n) is 2.81. The van der Waals surface area contributed by atoms with Gasteiger partial charge in [-0.3, -0.25) is 4.79 Å². The van der Waals surface area contributed by atoms with Gasteiger partial charge in [-0.05, 0) is 29.8 Å². The van der Waals surface area contributed by atoms with Crippen molar-refractivity contribution in [2.45, 2.75) is 32.3 Å². The Morgan fingerprint density at radius 1 is 1.70 bits per heavy atom. The number of nitrogens with one attached hydrogen (secondary N) is 1. The van der Waals surface area contributed by atoms with E-state index in [0.717, 1.165) is 0 Å². The van der Waals surface area contributed by atoms with E-state index in [9.17, 15) is 4.79 Å². The number of nitrogens with zero attached hydrogens (tertiary/aromatic N) is 2. The first kappa shape index (κ1) is 15.0. The summed E-state index contributed by atoms with van der Waals surface area (Å²) in [5.41, 5.74) is 0.341. The van der Waals surface area contributed by atoms with Crippen LogP contribution < -0.4 is 10.9 Å². The van der Waals surface area contributed by atoms with Crippen LogP contribution in [-0.4, -0.2) is 34.8 Å². The van der Waals surface area contributed by atoms with Crippen molar-refractivity contribution >= 4 is 21.6 Å². The molecule has 0 aromatic carbocycles. The molecule has 0 saturated carbocycles. The van der Waals surface area contributed by atoms with Crippen molar-refractivity contribution in [2.24, 2.45) is 0 Å². The highest BCUT2D eigenvalue weighted by molar-refractivity contribution is 9.10. The lowest BCUT2D eigenvalue weighted by Gasteiger charge is -2.17. The van der Waals surface area contributed by atoms with E-state index in [-0.39, 0.29) is 18.2 Å². The summed E-state index contributed by atoms with van der Waals surface area (Å²) in [6, 6.07) is 0. The maximum absolute atomic E-state index is 11.9. The van der Waals surface area contributed by atoms with E-state index in [1.807, 2.05) is 13.8 Å². The molecule has 0 amide bonds. The molecular weight excluding hydrogens is 326 g/mol. The standard InChI is InChI=1S/C13H16BrN3O3/c1-4-5-17-12(18)11(14)10(7-16-17)15-6-9-8-19-13(2,3)20-9/h1,7,9,15H,5-6,8H2,2-3H3. The van der Waals surface area contributed by atoms with Crippen molar-refractivity contribution in [3.05, 3.63) is 21.0 Å². The largest absolute Gasteiger partial charge is 0.380 e. The van der Waals surface area contributed by atoms with Crippen LogP contribution in [0.5, 0.6) is 0 Å². The summed E-state index contributed by atoms with van der Waals surface area (Å²) in [5.74, 6) is 1.82. The highest BCUT2D eigenvalue weighted by Gasteiger charge is 2.32. The van der Waals surface area contributed by atoms with Crippen LogP contribution in [0.4, 0.5) is 5.69 Å². The van der Waals surface area contributed by atoms with Gasteiger partial charge in [-0.15, -0.1) is 6.42 Å². The molecule has 1 unspecified atom stereocenters. The van der Waals surface area contributed by atoms with Gasteiger partial charge in [-0.2, -0.15) is 5.10 Å². The summed E-state index contributed by atoms with van der Waals surface area (Å²) in [6.45, 7) is 4.92. The number of halogens is 1. The van der Waals surface area contributed by atoms with Crippen LogP contribution in [0.15, 0.2) is 15.5 Å². The van der Waals surface area contributed by atoms with Crippen molar-refractivity contribution < 1.29 is 9.47 Å². The molecule has 0 radical (unpaired) electrons. The molecule has 1 aromatic rings. The highest BCUT2D eigenvalue weighted by atomic mass is 79.9. The molecule has 0 bridgehead atoms. The number of anilines is 1. The Bertz CT molecular complexity index is 592. The van der Waals surface area contributed by atoms with Crippen LogP contribution in [0.25, 0.3) is 0 Å². The molecule has 1 fully saturated rings. The van der Waals surface area contributed by atoms with Crippen LogP contribution in [-0.2, 0) is 16.0 Å². The Kier molecular flexibility index (Phi) is 4.48. The zero-order valence-corrected chi connectivity index (χ0v) is 12.9. The third kappa shape index (κ3) is 3.39. The number of hydrogen-bond donors (Lipinski definition) is 1. The topological polar surface area (TPSA) is 65.4 Å². The second-order valence-electron chi connectivity index (χ2n) is 4.87. The van der Waals surface area contributed by atoms with Gasteiger partial charge in [0, 0.05) is 6.54 Å². The molecule has 1 atom stereocenters. The van der Waals surface area contributed by atoms with Gasteiger partial charge < -0.3 is 14.8 Å². The normalized spacial score (nSPS) is 20.6. The van der Waals surface area contributed by atoms with Crippen molar-refractivity contribution in [3.63, 3.8) is 0 Å². The summed E-state index contributed by atoms with van der Waals surface area (Å²) >= 11 is 3.26. The van der Waals surface area contributed by atoms with Gasteiger partial charge in [0.1, 0.15) is 17.1 Å². The van der Waals surface area contributed by atoms with Crippen LogP contribution in [0.3, 0.4) is 0 Å². The lowest BCUT2D eigenvalue weighted by atomic mass is 10.3. The van der Waals surface area contributed by atoms with E-state index in [2.05, 4.69) is 32.3 Å². The molecule has 2 heterocycles. The summed E-state index contributed by atoms with van der Waals surface area (Å²) in [4.78, 5) is 11.9. The van der Waals surface area contributed by atoms with Crippen LogP contribution in [0, 0.1) is 12.3 Å². The summed E-state index contributed by atoms with van der Waals surface area (Å²) in [7, 11) is 0. The average molecular weight is 342 g/mol. The van der Waals surface area contributed by atoms with Crippen LogP contribution >= 0.6 is 15.9 Å². The maximum Gasteiger partial charge on any atom is 0.284 e. The summed E-state index contributed by atoms with van der Waals surface area (Å²) in [6.07, 6.45) is 6.67. The fraction of sp³-hybridized carbons (Fsp3) is 0.538. The van der Waals surface area contributed by atoms with Crippen molar-refractivity contribution in [2.75, 3.05) is 18.5 Å². The minimum absolute atomic E-state index is 0.0648. The number of hydrogen-bond acceptors (Lipinski definition) is 5. The van der Waals surface area contributed by atoms with E-state index >= 15 is 0 Å². The third-order valence-corrected chi connectivity index (χ3v) is 3.58. The SMILES string of the molecule is C#CCn1ncc(NCC2COC(C)(C)O2)c(Br)c1=O. The Morgan fingerprint density at radius 3 is 3.05 bits per heavy atom. The fourth-order valence-electron chi connectivity index (χ4n) is 1.87. The first-order valence-electron chi connectivity index (χ1n) is 6.17. The van der Waals surface area contributed by atoms with Gasteiger partial charge in [0.05, 0.1) is 18.5 Å². The quantitative estimate of drug-likeness (QED) is 0.833.